The Morgan fingerprint density at radius 2 is 2.07 bits per heavy atom. The summed E-state index contributed by atoms with van der Waals surface area (Å²) in [7, 11) is 0. The Morgan fingerprint density at radius 1 is 1.18 bits per heavy atom. The Morgan fingerprint density at radius 3 is 2.82 bits per heavy atom. The van der Waals surface area contributed by atoms with E-state index in [1.807, 2.05) is 22.8 Å². The molecule has 0 aliphatic carbocycles. The van der Waals surface area contributed by atoms with Crippen LogP contribution in [0, 0.1) is 12.3 Å². The molecule has 1 spiro atoms. The lowest BCUT2D eigenvalue weighted by molar-refractivity contribution is -0.139. The van der Waals surface area contributed by atoms with E-state index in [-0.39, 0.29) is 17.2 Å². The van der Waals surface area contributed by atoms with Gasteiger partial charge in [-0.25, -0.2) is 0 Å². The standard InChI is InChI=1S/C21H25N5O2/c1-16-10-24-18(12-23-16)13-26-15-21(7-5-19(26)27)6-3-9-25(14-21)20(28)17-4-2-8-22-11-17/h2,4,8,10-12H,3,5-7,9,13-15H2,1H3/t21-/m0/s1. The number of likely N-dealkylation sites (tertiary alicyclic amines) is 2. The summed E-state index contributed by atoms with van der Waals surface area (Å²) >= 11 is 0. The maximum atomic E-state index is 12.9. The smallest absolute Gasteiger partial charge is 0.255 e. The Balaban J connectivity index is 1.48. The quantitative estimate of drug-likeness (QED) is 0.817. The zero-order chi connectivity index (χ0) is 19.6. The van der Waals surface area contributed by atoms with Crippen molar-refractivity contribution in [3.8, 4) is 0 Å². The monoisotopic (exact) mass is 379 g/mol. The minimum atomic E-state index is -0.0395. The summed E-state index contributed by atoms with van der Waals surface area (Å²) in [6, 6.07) is 3.60. The van der Waals surface area contributed by atoms with Crippen molar-refractivity contribution in [2.24, 2.45) is 5.41 Å². The number of hydrogen-bond acceptors (Lipinski definition) is 5. The number of nitrogens with zero attached hydrogens (tertiary/aromatic N) is 5. The molecule has 1 atom stereocenters. The van der Waals surface area contributed by atoms with Gasteiger partial charge in [-0.1, -0.05) is 0 Å². The lowest BCUT2D eigenvalue weighted by Gasteiger charge is -2.48. The molecule has 7 heteroatoms. The average Bonchev–Trinajstić information content (AvgIpc) is 2.73. The van der Waals surface area contributed by atoms with Gasteiger partial charge in [-0.3, -0.25) is 24.5 Å². The number of carbonyl (C=O) groups excluding carboxylic acids is 2. The van der Waals surface area contributed by atoms with Crippen LogP contribution in [0.15, 0.2) is 36.9 Å². The minimum absolute atomic E-state index is 0.0278. The first-order valence-corrected chi connectivity index (χ1v) is 9.79. The van der Waals surface area contributed by atoms with E-state index in [2.05, 4.69) is 15.0 Å². The average molecular weight is 379 g/mol. The fourth-order valence-corrected chi connectivity index (χ4v) is 4.33. The zero-order valence-electron chi connectivity index (χ0n) is 16.2. The lowest BCUT2D eigenvalue weighted by atomic mass is 9.73. The predicted molar refractivity (Wildman–Crippen MR) is 103 cm³/mol. The Bertz CT molecular complexity index is 855. The molecule has 2 aromatic heterocycles. The molecule has 0 radical (unpaired) electrons. The highest BCUT2D eigenvalue weighted by Crippen LogP contribution is 2.39. The van der Waals surface area contributed by atoms with Crippen LogP contribution in [0.4, 0.5) is 0 Å². The highest BCUT2D eigenvalue weighted by atomic mass is 16.2. The normalized spacial score (nSPS) is 22.5. The molecule has 146 valence electrons. The Labute approximate surface area is 164 Å². The number of amides is 2. The molecule has 28 heavy (non-hydrogen) atoms. The summed E-state index contributed by atoms with van der Waals surface area (Å²) in [5.41, 5.74) is 2.25. The number of aromatic nitrogens is 3. The van der Waals surface area contributed by atoms with E-state index < -0.39 is 0 Å². The van der Waals surface area contributed by atoms with Crippen LogP contribution in [0.3, 0.4) is 0 Å². The third-order valence-electron chi connectivity index (χ3n) is 5.79. The second-order valence-electron chi connectivity index (χ2n) is 7.97. The maximum Gasteiger partial charge on any atom is 0.255 e. The topological polar surface area (TPSA) is 79.3 Å². The van der Waals surface area contributed by atoms with Gasteiger partial charge in [-0.2, -0.15) is 0 Å². The largest absolute Gasteiger partial charge is 0.338 e. The van der Waals surface area contributed by atoms with Gasteiger partial charge >= 0.3 is 0 Å². The van der Waals surface area contributed by atoms with Crippen molar-refractivity contribution in [3.63, 3.8) is 0 Å². The first-order chi connectivity index (χ1) is 13.5. The maximum absolute atomic E-state index is 12.9. The molecule has 2 aromatic rings. The summed E-state index contributed by atoms with van der Waals surface area (Å²) < 4.78 is 0. The molecule has 0 saturated carbocycles. The molecule has 2 saturated heterocycles. The second-order valence-corrected chi connectivity index (χ2v) is 7.97. The van der Waals surface area contributed by atoms with Gasteiger partial charge in [-0.15, -0.1) is 0 Å². The van der Waals surface area contributed by atoms with E-state index in [1.165, 1.54) is 0 Å². The second kappa shape index (κ2) is 7.66. The molecule has 2 amide bonds. The van der Waals surface area contributed by atoms with Crippen molar-refractivity contribution in [1.29, 1.82) is 0 Å². The molecule has 4 rings (SSSR count). The predicted octanol–water partition coefficient (Wildman–Crippen LogP) is 2.23. The van der Waals surface area contributed by atoms with Crippen molar-refractivity contribution < 1.29 is 9.59 Å². The number of rotatable bonds is 3. The molecule has 2 aliphatic heterocycles. The summed E-state index contributed by atoms with van der Waals surface area (Å²) in [5.74, 6) is 0.184. The van der Waals surface area contributed by atoms with Crippen LogP contribution >= 0.6 is 0 Å². The number of pyridine rings is 1. The van der Waals surface area contributed by atoms with Crippen LogP contribution in [0.5, 0.6) is 0 Å². The van der Waals surface area contributed by atoms with Gasteiger partial charge in [-0.05, 0) is 38.3 Å². The number of aryl methyl sites for hydroxylation is 1. The van der Waals surface area contributed by atoms with Crippen LogP contribution in [0.1, 0.15) is 47.4 Å². The van der Waals surface area contributed by atoms with Gasteiger partial charge in [0, 0.05) is 50.1 Å². The summed E-state index contributed by atoms with van der Waals surface area (Å²) in [5, 5.41) is 0. The molecule has 2 fully saturated rings. The number of carbonyl (C=O) groups is 2. The van der Waals surface area contributed by atoms with Crippen molar-refractivity contribution >= 4 is 11.8 Å². The molecule has 0 bridgehead atoms. The van der Waals surface area contributed by atoms with Gasteiger partial charge in [0.25, 0.3) is 5.91 Å². The SMILES string of the molecule is Cc1cnc(CN2C[C@@]3(CCCN(C(=O)c4cccnc4)C3)CCC2=O)cn1. The minimum Gasteiger partial charge on any atom is -0.338 e. The number of hydrogen-bond donors (Lipinski definition) is 0. The van der Waals surface area contributed by atoms with Gasteiger partial charge in [0.1, 0.15) is 0 Å². The van der Waals surface area contributed by atoms with E-state index in [4.69, 9.17) is 0 Å². The Hall–Kier alpha value is -2.83. The Kier molecular flexibility index (Phi) is 5.07. The third kappa shape index (κ3) is 3.88. The van der Waals surface area contributed by atoms with Crippen molar-refractivity contribution in [3.05, 3.63) is 53.9 Å². The summed E-state index contributed by atoms with van der Waals surface area (Å²) in [6.07, 6.45) is 10.1. The van der Waals surface area contributed by atoms with Gasteiger partial charge in [0.15, 0.2) is 0 Å². The zero-order valence-corrected chi connectivity index (χ0v) is 16.2. The lowest BCUT2D eigenvalue weighted by Crippen LogP contribution is -2.54. The summed E-state index contributed by atoms with van der Waals surface area (Å²) in [6.45, 7) is 4.48. The van der Waals surface area contributed by atoms with Crippen LogP contribution in [-0.4, -0.2) is 56.2 Å². The fourth-order valence-electron chi connectivity index (χ4n) is 4.33. The van der Waals surface area contributed by atoms with Crippen LogP contribution in [0.25, 0.3) is 0 Å². The van der Waals surface area contributed by atoms with E-state index in [1.54, 1.807) is 30.9 Å². The molecule has 4 heterocycles. The van der Waals surface area contributed by atoms with Crippen molar-refractivity contribution in [2.45, 2.75) is 39.2 Å². The van der Waals surface area contributed by atoms with E-state index in [0.717, 1.165) is 37.2 Å². The highest BCUT2D eigenvalue weighted by Gasteiger charge is 2.42. The van der Waals surface area contributed by atoms with Gasteiger partial charge < -0.3 is 9.80 Å². The molecular weight excluding hydrogens is 354 g/mol. The first kappa shape index (κ1) is 18.5. The third-order valence-corrected chi connectivity index (χ3v) is 5.79. The molecular formula is C21H25N5O2. The van der Waals surface area contributed by atoms with Crippen molar-refractivity contribution in [1.82, 2.24) is 24.8 Å². The molecule has 7 nitrogen and oxygen atoms in total. The molecule has 2 aliphatic rings. The summed E-state index contributed by atoms with van der Waals surface area (Å²) in [4.78, 5) is 42.0. The van der Waals surface area contributed by atoms with Gasteiger partial charge in [0.05, 0.1) is 29.7 Å². The number of piperidine rings is 2. The van der Waals surface area contributed by atoms with E-state index in [0.29, 0.717) is 31.6 Å². The molecule has 0 N–H and O–H groups in total. The highest BCUT2D eigenvalue weighted by molar-refractivity contribution is 5.94. The van der Waals surface area contributed by atoms with Crippen LogP contribution < -0.4 is 0 Å². The van der Waals surface area contributed by atoms with Gasteiger partial charge in [0.2, 0.25) is 5.91 Å². The fraction of sp³-hybridized carbons (Fsp3) is 0.476. The van der Waals surface area contributed by atoms with E-state index >= 15 is 0 Å². The molecule has 0 aromatic carbocycles. The first-order valence-electron chi connectivity index (χ1n) is 9.79. The van der Waals surface area contributed by atoms with Crippen LogP contribution in [-0.2, 0) is 11.3 Å². The van der Waals surface area contributed by atoms with E-state index in [9.17, 15) is 9.59 Å². The van der Waals surface area contributed by atoms with Crippen molar-refractivity contribution in [2.75, 3.05) is 19.6 Å². The molecule has 0 unspecified atom stereocenters. The van der Waals surface area contributed by atoms with Crippen LogP contribution in [0.2, 0.25) is 0 Å².